The molecule has 0 atom stereocenters. The minimum atomic E-state index is 0.495. The highest BCUT2D eigenvalue weighted by Gasteiger charge is 2.21. The molecule has 20 heavy (non-hydrogen) atoms. The fourth-order valence-corrected chi connectivity index (χ4v) is 2.59. The van der Waals surface area contributed by atoms with Crippen LogP contribution in [0.5, 0.6) is 5.88 Å². The summed E-state index contributed by atoms with van der Waals surface area (Å²) in [5, 5.41) is 4.33. The zero-order chi connectivity index (χ0) is 13.8. The normalized spacial score (nSPS) is 16.4. The summed E-state index contributed by atoms with van der Waals surface area (Å²) < 4.78 is 7.48. The second-order valence-corrected chi connectivity index (χ2v) is 4.85. The maximum absolute atomic E-state index is 5.43. The Bertz CT molecular complexity index is 534. The van der Waals surface area contributed by atoms with Gasteiger partial charge in [-0.15, -0.1) is 0 Å². The Hall–Kier alpha value is -2.11. The molecule has 0 amide bonds. The molecule has 2 aromatic heterocycles. The molecule has 0 saturated carbocycles. The van der Waals surface area contributed by atoms with E-state index in [1.807, 2.05) is 31.5 Å². The Morgan fingerprint density at radius 3 is 2.85 bits per heavy atom. The van der Waals surface area contributed by atoms with Gasteiger partial charge in [0, 0.05) is 31.5 Å². The highest BCUT2D eigenvalue weighted by molar-refractivity contribution is 5.41. The van der Waals surface area contributed by atoms with E-state index in [2.05, 4.69) is 24.6 Å². The topological polar surface area (TPSA) is 56.1 Å². The number of rotatable bonds is 4. The molecule has 3 heterocycles. The molecule has 1 fully saturated rings. The fraction of sp³-hybridized carbons (Fsp3) is 0.500. The van der Waals surface area contributed by atoms with Crippen LogP contribution in [0, 0.1) is 0 Å². The van der Waals surface area contributed by atoms with Gasteiger partial charge in [0.1, 0.15) is 12.1 Å². The van der Waals surface area contributed by atoms with Gasteiger partial charge in [0.2, 0.25) is 5.88 Å². The molecule has 0 aliphatic carbocycles. The molecule has 1 aliphatic rings. The summed E-state index contributed by atoms with van der Waals surface area (Å²) in [5.74, 6) is 1.59. The molecular formula is C14H19N5O. The SMILES string of the molecule is CCOc1cc(N2CCC(n3cccn3)CC2)ncn1. The monoisotopic (exact) mass is 273 g/mol. The van der Waals surface area contributed by atoms with Crippen molar-refractivity contribution in [1.82, 2.24) is 19.7 Å². The van der Waals surface area contributed by atoms with E-state index in [0.29, 0.717) is 18.5 Å². The van der Waals surface area contributed by atoms with Crippen molar-refractivity contribution in [2.24, 2.45) is 0 Å². The molecule has 106 valence electrons. The summed E-state index contributed by atoms with van der Waals surface area (Å²) in [6.45, 7) is 4.54. The van der Waals surface area contributed by atoms with Crippen molar-refractivity contribution in [2.45, 2.75) is 25.8 Å². The minimum Gasteiger partial charge on any atom is -0.478 e. The number of aromatic nitrogens is 4. The van der Waals surface area contributed by atoms with Crippen LogP contribution in [0.3, 0.4) is 0 Å². The van der Waals surface area contributed by atoms with Crippen LogP contribution in [-0.2, 0) is 0 Å². The van der Waals surface area contributed by atoms with Gasteiger partial charge in [-0.25, -0.2) is 9.97 Å². The lowest BCUT2D eigenvalue weighted by Gasteiger charge is -2.32. The Labute approximate surface area is 118 Å². The maximum atomic E-state index is 5.43. The Morgan fingerprint density at radius 1 is 1.30 bits per heavy atom. The molecule has 0 spiro atoms. The van der Waals surface area contributed by atoms with Gasteiger partial charge in [0.15, 0.2) is 0 Å². The minimum absolute atomic E-state index is 0.495. The van der Waals surface area contributed by atoms with Gasteiger partial charge >= 0.3 is 0 Å². The summed E-state index contributed by atoms with van der Waals surface area (Å²) in [5.41, 5.74) is 0. The standard InChI is InChI=1S/C14H19N5O/c1-2-20-14-10-13(15-11-16-14)18-8-4-12(5-9-18)19-7-3-6-17-19/h3,6-7,10-12H,2,4-5,8-9H2,1H3. The molecule has 0 radical (unpaired) electrons. The van der Waals surface area contributed by atoms with Crippen LogP contribution < -0.4 is 9.64 Å². The molecule has 1 saturated heterocycles. The van der Waals surface area contributed by atoms with Gasteiger partial charge in [0.25, 0.3) is 0 Å². The predicted octanol–water partition coefficient (Wildman–Crippen LogP) is 1.91. The van der Waals surface area contributed by atoms with E-state index in [4.69, 9.17) is 4.74 Å². The van der Waals surface area contributed by atoms with Gasteiger partial charge in [-0.1, -0.05) is 0 Å². The van der Waals surface area contributed by atoms with Crippen LogP contribution >= 0.6 is 0 Å². The van der Waals surface area contributed by atoms with Gasteiger partial charge in [-0.2, -0.15) is 5.10 Å². The molecule has 6 nitrogen and oxygen atoms in total. The molecule has 0 unspecified atom stereocenters. The zero-order valence-corrected chi connectivity index (χ0v) is 11.6. The van der Waals surface area contributed by atoms with Crippen LogP contribution in [0.4, 0.5) is 5.82 Å². The van der Waals surface area contributed by atoms with E-state index in [1.165, 1.54) is 0 Å². The van der Waals surface area contributed by atoms with Crippen LogP contribution in [0.25, 0.3) is 0 Å². The number of anilines is 1. The molecule has 0 bridgehead atoms. The van der Waals surface area contributed by atoms with Crippen molar-refractivity contribution in [3.8, 4) is 5.88 Å². The quantitative estimate of drug-likeness (QED) is 0.851. The summed E-state index contributed by atoms with van der Waals surface area (Å²) in [6.07, 6.45) is 7.61. The zero-order valence-electron chi connectivity index (χ0n) is 11.6. The average molecular weight is 273 g/mol. The van der Waals surface area contributed by atoms with Gasteiger partial charge < -0.3 is 9.64 Å². The third kappa shape index (κ3) is 2.74. The lowest BCUT2D eigenvalue weighted by Crippen LogP contribution is -2.35. The van der Waals surface area contributed by atoms with Crippen LogP contribution in [-0.4, -0.2) is 39.4 Å². The second kappa shape index (κ2) is 5.90. The highest BCUT2D eigenvalue weighted by Crippen LogP contribution is 2.25. The number of ether oxygens (including phenoxy) is 1. The molecule has 3 rings (SSSR count). The maximum Gasteiger partial charge on any atom is 0.218 e. The van der Waals surface area contributed by atoms with Gasteiger partial charge in [0.05, 0.1) is 12.6 Å². The van der Waals surface area contributed by atoms with E-state index >= 15 is 0 Å². The van der Waals surface area contributed by atoms with Crippen molar-refractivity contribution >= 4 is 5.82 Å². The molecule has 2 aromatic rings. The van der Waals surface area contributed by atoms with Crippen molar-refractivity contribution in [1.29, 1.82) is 0 Å². The Kier molecular flexibility index (Phi) is 3.80. The smallest absolute Gasteiger partial charge is 0.218 e. The lowest BCUT2D eigenvalue weighted by atomic mass is 10.1. The second-order valence-electron chi connectivity index (χ2n) is 4.85. The van der Waals surface area contributed by atoms with Crippen LogP contribution in [0.15, 0.2) is 30.9 Å². The first-order valence-electron chi connectivity index (χ1n) is 7.05. The summed E-state index contributed by atoms with van der Waals surface area (Å²) in [4.78, 5) is 10.7. The van der Waals surface area contributed by atoms with E-state index in [1.54, 1.807) is 6.33 Å². The lowest BCUT2D eigenvalue weighted by molar-refractivity contribution is 0.325. The number of hydrogen-bond donors (Lipinski definition) is 0. The van der Waals surface area contributed by atoms with E-state index < -0.39 is 0 Å². The molecule has 0 N–H and O–H groups in total. The van der Waals surface area contributed by atoms with Crippen molar-refractivity contribution < 1.29 is 4.74 Å². The van der Waals surface area contributed by atoms with Crippen molar-refractivity contribution in [2.75, 3.05) is 24.6 Å². The first kappa shape index (κ1) is 12.9. The number of hydrogen-bond acceptors (Lipinski definition) is 5. The molecule has 0 aromatic carbocycles. The van der Waals surface area contributed by atoms with Crippen molar-refractivity contribution in [3.63, 3.8) is 0 Å². The third-order valence-corrected chi connectivity index (χ3v) is 3.61. The highest BCUT2D eigenvalue weighted by atomic mass is 16.5. The summed E-state index contributed by atoms with van der Waals surface area (Å²) in [6, 6.07) is 4.39. The van der Waals surface area contributed by atoms with Crippen LogP contribution in [0.1, 0.15) is 25.8 Å². The number of piperidine rings is 1. The number of nitrogens with zero attached hydrogens (tertiary/aromatic N) is 5. The van der Waals surface area contributed by atoms with E-state index in [9.17, 15) is 0 Å². The molecule has 1 aliphatic heterocycles. The van der Waals surface area contributed by atoms with Crippen molar-refractivity contribution in [3.05, 3.63) is 30.9 Å². The fourth-order valence-electron chi connectivity index (χ4n) is 2.59. The Morgan fingerprint density at radius 2 is 2.15 bits per heavy atom. The predicted molar refractivity (Wildman–Crippen MR) is 75.9 cm³/mol. The van der Waals surface area contributed by atoms with Gasteiger partial charge in [-0.3, -0.25) is 4.68 Å². The first-order valence-corrected chi connectivity index (χ1v) is 7.05. The van der Waals surface area contributed by atoms with Gasteiger partial charge in [-0.05, 0) is 25.8 Å². The first-order chi connectivity index (χ1) is 9.86. The summed E-state index contributed by atoms with van der Waals surface area (Å²) in [7, 11) is 0. The van der Waals surface area contributed by atoms with Crippen LogP contribution in [0.2, 0.25) is 0 Å². The molecular weight excluding hydrogens is 254 g/mol. The largest absolute Gasteiger partial charge is 0.478 e. The molecule has 6 heteroatoms. The van der Waals surface area contributed by atoms with E-state index in [0.717, 1.165) is 31.7 Å². The van der Waals surface area contributed by atoms with E-state index in [-0.39, 0.29) is 0 Å². The Balaban J connectivity index is 1.64. The summed E-state index contributed by atoms with van der Waals surface area (Å²) >= 11 is 0. The average Bonchev–Trinajstić information content (AvgIpc) is 3.02. The third-order valence-electron chi connectivity index (χ3n) is 3.61.